The van der Waals surface area contributed by atoms with Gasteiger partial charge in [0.15, 0.2) is 0 Å². The van der Waals surface area contributed by atoms with Crippen molar-refractivity contribution in [2.75, 3.05) is 0 Å². The summed E-state index contributed by atoms with van der Waals surface area (Å²) in [6.07, 6.45) is 6.59. The minimum Gasteiger partial charge on any atom is -0.0836 e. The van der Waals surface area contributed by atoms with Crippen LogP contribution in [-0.4, -0.2) is 0 Å². The molecule has 0 saturated carbocycles. The lowest BCUT2D eigenvalue weighted by Gasteiger charge is -2.03. The molecule has 3 rings (SSSR count). The van der Waals surface area contributed by atoms with E-state index < -0.39 is 0 Å². The van der Waals surface area contributed by atoms with Gasteiger partial charge in [0.25, 0.3) is 0 Å². The number of rotatable bonds is 5. The zero-order chi connectivity index (χ0) is 15.0. The predicted molar refractivity (Wildman–Crippen MR) is 95.7 cm³/mol. The lowest BCUT2D eigenvalue weighted by Crippen LogP contribution is -1.84. The van der Waals surface area contributed by atoms with Gasteiger partial charge in [0.1, 0.15) is 0 Å². The Kier molecular flexibility index (Phi) is 4.84. The third-order valence-electron chi connectivity index (χ3n) is 3.77. The summed E-state index contributed by atoms with van der Waals surface area (Å²) in [7, 11) is 0. The van der Waals surface area contributed by atoms with Crippen molar-refractivity contribution in [2.24, 2.45) is 0 Å². The van der Waals surface area contributed by atoms with Gasteiger partial charge < -0.3 is 0 Å². The molecule has 0 amide bonds. The summed E-state index contributed by atoms with van der Waals surface area (Å²) in [6, 6.07) is 29.9. The van der Waals surface area contributed by atoms with Gasteiger partial charge in [0.2, 0.25) is 0 Å². The summed E-state index contributed by atoms with van der Waals surface area (Å²) in [5.74, 6) is 0. The van der Waals surface area contributed by atoms with Crippen molar-refractivity contribution < 1.29 is 0 Å². The second kappa shape index (κ2) is 7.42. The minimum absolute atomic E-state index is 1.07. The first-order valence-electron chi connectivity index (χ1n) is 7.78. The molecule has 3 aromatic carbocycles. The smallest absolute Gasteiger partial charge is 0.0184 e. The first-order chi connectivity index (χ1) is 10.9. The van der Waals surface area contributed by atoms with Crippen molar-refractivity contribution >= 4 is 6.08 Å². The highest BCUT2D eigenvalue weighted by Gasteiger charge is 1.97. The van der Waals surface area contributed by atoms with Crippen molar-refractivity contribution in [3.05, 3.63) is 102 Å². The van der Waals surface area contributed by atoms with Crippen LogP contribution in [-0.2, 0) is 6.42 Å². The van der Waals surface area contributed by atoms with Crippen molar-refractivity contribution in [1.29, 1.82) is 0 Å². The Bertz CT molecular complexity index is 707. The normalized spacial score (nSPS) is 10.9. The Morgan fingerprint density at radius 1 is 0.591 bits per heavy atom. The molecule has 0 aliphatic carbocycles. The highest BCUT2D eigenvalue weighted by atomic mass is 14.0. The quantitative estimate of drug-likeness (QED) is 0.539. The minimum atomic E-state index is 1.07. The van der Waals surface area contributed by atoms with E-state index in [1.54, 1.807) is 0 Å². The van der Waals surface area contributed by atoms with Crippen LogP contribution in [0.5, 0.6) is 0 Å². The van der Waals surface area contributed by atoms with Crippen molar-refractivity contribution in [3.8, 4) is 11.1 Å². The first kappa shape index (κ1) is 14.3. The first-order valence-corrected chi connectivity index (χ1v) is 7.78. The van der Waals surface area contributed by atoms with Gasteiger partial charge in [-0.15, -0.1) is 0 Å². The fraction of sp³-hybridized carbons (Fsp3) is 0.0909. The molecule has 22 heavy (non-hydrogen) atoms. The maximum Gasteiger partial charge on any atom is -0.0184 e. The van der Waals surface area contributed by atoms with Gasteiger partial charge in [-0.25, -0.2) is 0 Å². The molecular weight excluding hydrogens is 264 g/mol. The molecule has 0 fully saturated rings. The van der Waals surface area contributed by atoms with Crippen LogP contribution in [0.25, 0.3) is 17.2 Å². The molecule has 0 saturated heterocycles. The van der Waals surface area contributed by atoms with E-state index in [0.29, 0.717) is 0 Å². The fourth-order valence-electron chi connectivity index (χ4n) is 2.53. The summed E-state index contributed by atoms with van der Waals surface area (Å²) in [5, 5.41) is 0. The zero-order valence-electron chi connectivity index (χ0n) is 12.7. The summed E-state index contributed by atoms with van der Waals surface area (Å²) >= 11 is 0. The number of hydrogen-bond donors (Lipinski definition) is 0. The van der Waals surface area contributed by atoms with Crippen LogP contribution in [0.2, 0.25) is 0 Å². The molecule has 0 heteroatoms. The second-order valence-electron chi connectivity index (χ2n) is 5.41. The van der Waals surface area contributed by atoms with E-state index in [9.17, 15) is 0 Å². The van der Waals surface area contributed by atoms with Crippen molar-refractivity contribution in [1.82, 2.24) is 0 Å². The Labute approximate surface area is 132 Å². The van der Waals surface area contributed by atoms with Crippen LogP contribution < -0.4 is 0 Å². The van der Waals surface area contributed by atoms with Crippen LogP contribution in [0, 0.1) is 0 Å². The van der Waals surface area contributed by atoms with E-state index in [4.69, 9.17) is 0 Å². The molecule has 0 aliphatic rings. The van der Waals surface area contributed by atoms with E-state index in [1.807, 2.05) is 6.07 Å². The van der Waals surface area contributed by atoms with Crippen LogP contribution in [0.3, 0.4) is 0 Å². The Morgan fingerprint density at radius 2 is 1.18 bits per heavy atom. The molecule has 108 valence electrons. The summed E-state index contributed by atoms with van der Waals surface area (Å²) in [4.78, 5) is 0. The summed E-state index contributed by atoms with van der Waals surface area (Å²) in [6.45, 7) is 0. The number of allylic oxidation sites excluding steroid dienone is 1. The predicted octanol–water partition coefficient (Wildman–Crippen LogP) is 6.00. The Morgan fingerprint density at radius 3 is 1.86 bits per heavy atom. The van der Waals surface area contributed by atoms with Crippen LogP contribution in [0.15, 0.2) is 91.0 Å². The fourth-order valence-corrected chi connectivity index (χ4v) is 2.53. The molecule has 0 unspecified atom stereocenters. The molecule has 0 aliphatic heterocycles. The van der Waals surface area contributed by atoms with E-state index in [0.717, 1.165) is 12.8 Å². The van der Waals surface area contributed by atoms with Gasteiger partial charge in [-0.05, 0) is 35.1 Å². The topological polar surface area (TPSA) is 0 Å². The Hall–Kier alpha value is -2.60. The zero-order valence-corrected chi connectivity index (χ0v) is 12.7. The standard InChI is InChI=1S/C22H20/c1-3-9-19(10-4-1)11-7-8-12-20-15-17-22(18-16-20)21-13-5-2-6-14-21/h1-7,9-11,13-18H,8,12H2/b11-7-. The number of aryl methyl sites for hydroxylation is 1. The molecule has 3 aromatic rings. The summed E-state index contributed by atoms with van der Waals surface area (Å²) in [5.41, 5.74) is 5.21. The third-order valence-corrected chi connectivity index (χ3v) is 3.77. The van der Waals surface area contributed by atoms with Gasteiger partial charge in [0.05, 0.1) is 0 Å². The average molecular weight is 284 g/mol. The van der Waals surface area contributed by atoms with E-state index >= 15 is 0 Å². The molecule has 0 spiro atoms. The number of hydrogen-bond acceptors (Lipinski definition) is 0. The summed E-state index contributed by atoms with van der Waals surface area (Å²) < 4.78 is 0. The lowest BCUT2D eigenvalue weighted by atomic mass is 10.0. The van der Waals surface area contributed by atoms with E-state index in [1.165, 1.54) is 22.3 Å². The largest absolute Gasteiger partial charge is 0.0836 e. The highest BCUT2D eigenvalue weighted by molar-refractivity contribution is 5.63. The highest BCUT2D eigenvalue weighted by Crippen LogP contribution is 2.19. The second-order valence-corrected chi connectivity index (χ2v) is 5.41. The maximum absolute atomic E-state index is 2.25. The monoisotopic (exact) mass is 284 g/mol. The van der Waals surface area contributed by atoms with Crippen molar-refractivity contribution in [3.63, 3.8) is 0 Å². The van der Waals surface area contributed by atoms with Gasteiger partial charge in [-0.2, -0.15) is 0 Å². The molecule has 0 N–H and O–H groups in total. The van der Waals surface area contributed by atoms with Crippen molar-refractivity contribution in [2.45, 2.75) is 12.8 Å². The van der Waals surface area contributed by atoms with Gasteiger partial charge in [-0.3, -0.25) is 0 Å². The SMILES string of the molecule is C(=C/c1ccccc1)/CCc1ccc(-c2ccccc2)cc1. The van der Waals surface area contributed by atoms with Gasteiger partial charge in [0, 0.05) is 0 Å². The van der Waals surface area contributed by atoms with E-state index in [2.05, 4.69) is 91.0 Å². The van der Waals surface area contributed by atoms with Gasteiger partial charge in [-0.1, -0.05) is 97.1 Å². The molecule has 0 aromatic heterocycles. The molecule has 0 atom stereocenters. The molecular formula is C22H20. The van der Waals surface area contributed by atoms with Crippen LogP contribution >= 0.6 is 0 Å². The van der Waals surface area contributed by atoms with Crippen LogP contribution in [0.1, 0.15) is 17.5 Å². The van der Waals surface area contributed by atoms with Gasteiger partial charge >= 0.3 is 0 Å². The third kappa shape index (κ3) is 3.95. The maximum atomic E-state index is 2.25. The lowest BCUT2D eigenvalue weighted by molar-refractivity contribution is 1.01. The van der Waals surface area contributed by atoms with E-state index in [-0.39, 0.29) is 0 Å². The molecule has 0 bridgehead atoms. The average Bonchev–Trinajstić information content (AvgIpc) is 2.61. The Balaban J connectivity index is 1.57. The molecule has 0 heterocycles. The van der Waals surface area contributed by atoms with Crippen LogP contribution in [0.4, 0.5) is 0 Å². The molecule has 0 nitrogen and oxygen atoms in total. The molecule has 0 radical (unpaired) electrons. The number of benzene rings is 3.